The van der Waals surface area contributed by atoms with Crippen molar-refractivity contribution >= 4 is 60.7 Å². The van der Waals surface area contributed by atoms with E-state index in [0.29, 0.717) is 16.4 Å². The molecule has 0 spiro atoms. The number of hydrogen-bond acceptors (Lipinski definition) is 6. The van der Waals surface area contributed by atoms with Crippen molar-refractivity contribution in [1.29, 1.82) is 0 Å². The summed E-state index contributed by atoms with van der Waals surface area (Å²) in [5.74, 6) is 0. The van der Waals surface area contributed by atoms with Crippen LogP contribution in [-0.4, -0.2) is 26.7 Å². The Morgan fingerprint density at radius 1 is 1.32 bits per heavy atom. The molecule has 146 valence electrons. The second-order valence-corrected chi connectivity index (χ2v) is 9.24. The summed E-state index contributed by atoms with van der Waals surface area (Å²) in [6, 6.07) is 7.85. The van der Waals surface area contributed by atoms with Gasteiger partial charge in [0, 0.05) is 46.0 Å². The van der Waals surface area contributed by atoms with Crippen LogP contribution in [0.2, 0.25) is 5.02 Å². The van der Waals surface area contributed by atoms with Crippen LogP contribution in [0.4, 0.5) is 5.69 Å². The van der Waals surface area contributed by atoms with E-state index in [9.17, 15) is 8.42 Å². The summed E-state index contributed by atoms with van der Waals surface area (Å²) in [6.45, 7) is 3.73. The molecule has 0 aliphatic heterocycles. The Balaban J connectivity index is 2.17. The van der Waals surface area contributed by atoms with Gasteiger partial charge in [-0.05, 0) is 43.7 Å². The first-order chi connectivity index (χ1) is 13.3. The zero-order valence-corrected chi connectivity index (χ0v) is 17.9. The van der Waals surface area contributed by atoms with Crippen molar-refractivity contribution in [1.82, 2.24) is 4.98 Å². The van der Waals surface area contributed by atoms with E-state index in [1.165, 1.54) is 29.7 Å². The van der Waals surface area contributed by atoms with E-state index >= 15 is 0 Å². The minimum atomic E-state index is -3.81. The molecule has 0 saturated heterocycles. The number of aromatic nitrogens is 1. The zero-order chi connectivity index (χ0) is 20.5. The Bertz CT molecular complexity index is 1210. The van der Waals surface area contributed by atoms with Crippen molar-refractivity contribution in [3.05, 3.63) is 57.7 Å². The second-order valence-electron chi connectivity index (χ2n) is 6.12. The number of nitrogens with zero attached hydrogens (tertiary/aromatic N) is 2. The highest BCUT2D eigenvalue weighted by atomic mass is 35.5. The van der Waals surface area contributed by atoms with Gasteiger partial charge in [0.15, 0.2) is 0 Å². The molecule has 0 saturated carbocycles. The van der Waals surface area contributed by atoms with Crippen LogP contribution < -0.4 is 10.5 Å². The Morgan fingerprint density at radius 3 is 2.71 bits per heavy atom. The molecule has 2 heterocycles. The first-order valence-electron chi connectivity index (χ1n) is 8.30. The van der Waals surface area contributed by atoms with Crippen LogP contribution in [0.3, 0.4) is 0 Å². The number of aryl methyl sites for hydroxylation is 2. The van der Waals surface area contributed by atoms with Crippen LogP contribution in [0.15, 0.2) is 46.4 Å². The van der Waals surface area contributed by atoms with E-state index in [2.05, 4.69) is 14.7 Å². The van der Waals surface area contributed by atoms with Crippen LogP contribution in [0.5, 0.6) is 0 Å². The number of fused-ring (bicyclic) bond motifs is 1. The third-order valence-corrected chi connectivity index (χ3v) is 6.92. The zero-order valence-electron chi connectivity index (χ0n) is 15.5. The predicted molar refractivity (Wildman–Crippen MR) is 118 cm³/mol. The molecule has 2 aromatic heterocycles. The molecule has 6 nitrogen and oxygen atoms in total. The molecule has 0 radical (unpaired) electrons. The van der Waals surface area contributed by atoms with E-state index in [-0.39, 0.29) is 4.90 Å². The minimum Gasteiger partial charge on any atom is -0.404 e. The fraction of sp³-hybridized carbons (Fsp3) is 0.158. The molecule has 0 bridgehead atoms. The Hall–Kier alpha value is -2.42. The maximum atomic E-state index is 12.9. The van der Waals surface area contributed by atoms with Gasteiger partial charge in [0.1, 0.15) is 4.83 Å². The normalized spacial score (nSPS) is 12.8. The second kappa shape index (κ2) is 7.90. The van der Waals surface area contributed by atoms with E-state index in [4.69, 9.17) is 17.3 Å². The van der Waals surface area contributed by atoms with Gasteiger partial charge in [-0.3, -0.25) is 9.71 Å². The van der Waals surface area contributed by atoms with Crippen molar-refractivity contribution in [2.24, 2.45) is 10.7 Å². The monoisotopic (exact) mass is 434 g/mol. The summed E-state index contributed by atoms with van der Waals surface area (Å²) in [7, 11) is -2.15. The fourth-order valence-electron chi connectivity index (χ4n) is 2.88. The lowest BCUT2D eigenvalue weighted by Gasteiger charge is -2.11. The summed E-state index contributed by atoms with van der Waals surface area (Å²) >= 11 is 7.39. The highest BCUT2D eigenvalue weighted by Crippen LogP contribution is 2.38. The van der Waals surface area contributed by atoms with Crippen molar-refractivity contribution < 1.29 is 8.42 Å². The molecule has 0 fully saturated rings. The summed E-state index contributed by atoms with van der Waals surface area (Å²) in [6.07, 6.45) is 3.15. The number of pyridine rings is 1. The van der Waals surface area contributed by atoms with Crippen molar-refractivity contribution in [2.75, 3.05) is 11.8 Å². The number of rotatable bonds is 5. The lowest BCUT2D eigenvalue weighted by Crippen LogP contribution is -2.13. The average Bonchev–Trinajstić information content (AvgIpc) is 2.95. The number of hydrogen-bond donors (Lipinski definition) is 2. The third-order valence-electron chi connectivity index (χ3n) is 4.09. The van der Waals surface area contributed by atoms with Gasteiger partial charge < -0.3 is 5.73 Å². The molecule has 0 aliphatic rings. The number of anilines is 1. The Kier molecular flexibility index (Phi) is 5.74. The molecule has 9 heteroatoms. The fourth-order valence-corrected chi connectivity index (χ4v) is 5.48. The van der Waals surface area contributed by atoms with Gasteiger partial charge in [0.05, 0.1) is 10.6 Å². The largest absolute Gasteiger partial charge is 0.404 e. The number of nitrogens with one attached hydrogen (secondary N) is 1. The first-order valence-corrected chi connectivity index (χ1v) is 11.0. The van der Waals surface area contributed by atoms with E-state index in [0.717, 1.165) is 26.2 Å². The molecule has 3 N–H and O–H groups in total. The maximum Gasteiger partial charge on any atom is 0.261 e. The number of aliphatic imine (C=N–C) groups is 1. The topological polar surface area (TPSA) is 97.4 Å². The number of halogens is 1. The Labute approximate surface area is 172 Å². The van der Waals surface area contributed by atoms with Crippen molar-refractivity contribution in [3.8, 4) is 0 Å². The molecular formula is C19H19ClN4O2S2. The van der Waals surface area contributed by atoms with Crippen molar-refractivity contribution in [3.63, 3.8) is 0 Å². The molecule has 28 heavy (non-hydrogen) atoms. The van der Waals surface area contributed by atoms with Gasteiger partial charge in [-0.1, -0.05) is 17.7 Å². The van der Waals surface area contributed by atoms with Gasteiger partial charge in [0.25, 0.3) is 10.0 Å². The number of nitrogens with two attached hydrogens (primary N) is 1. The molecule has 0 amide bonds. The average molecular weight is 435 g/mol. The highest BCUT2D eigenvalue weighted by Gasteiger charge is 2.21. The van der Waals surface area contributed by atoms with Crippen LogP contribution in [0, 0.1) is 13.8 Å². The van der Waals surface area contributed by atoms with Crippen molar-refractivity contribution in [2.45, 2.75) is 18.7 Å². The highest BCUT2D eigenvalue weighted by molar-refractivity contribution is 7.92. The van der Waals surface area contributed by atoms with Gasteiger partial charge in [-0.15, -0.1) is 11.3 Å². The predicted octanol–water partition coefficient (Wildman–Crippen LogP) is 4.37. The molecule has 1 aromatic carbocycles. The standard InChI is InChI=1S/C19H19ClN4O2S2/c1-11-7-16(24-28(25,26)15-6-4-5-14(20)8-15)17-12(2)18(27-19(17)23-11)13(9-21)10-22-3/h4-10H,21H2,1-3H3,(H,23,24). The first kappa shape index (κ1) is 20.3. The number of thiophene rings is 1. The molecule has 0 atom stereocenters. The Morgan fingerprint density at radius 2 is 2.07 bits per heavy atom. The lowest BCUT2D eigenvalue weighted by atomic mass is 10.1. The van der Waals surface area contributed by atoms with E-state index in [1.54, 1.807) is 31.5 Å². The maximum absolute atomic E-state index is 12.9. The van der Waals surface area contributed by atoms with E-state index in [1.807, 2.05) is 13.8 Å². The van der Waals surface area contributed by atoms with Gasteiger partial charge in [0.2, 0.25) is 0 Å². The van der Waals surface area contributed by atoms with Gasteiger partial charge >= 0.3 is 0 Å². The minimum absolute atomic E-state index is 0.0939. The van der Waals surface area contributed by atoms with Gasteiger partial charge in [-0.2, -0.15) is 0 Å². The third kappa shape index (κ3) is 3.89. The summed E-state index contributed by atoms with van der Waals surface area (Å²) in [5, 5.41) is 1.09. The lowest BCUT2D eigenvalue weighted by molar-refractivity contribution is 0.601. The molecule has 3 aromatic rings. The van der Waals surface area contributed by atoms with Crippen LogP contribution >= 0.6 is 22.9 Å². The molecular weight excluding hydrogens is 416 g/mol. The van der Waals surface area contributed by atoms with Crippen LogP contribution in [0.25, 0.3) is 15.8 Å². The number of benzene rings is 1. The van der Waals surface area contributed by atoms with E-state index < -0.39 is 10.0 Å². The summed E-state index contributed by atoms with van der Waals surface area (Å²) in [4.78, 5) is 10.3. The van der Waals surface area contributed by atoms with Crippen LogP contribution in [0.1, 0.15) is 16.1 Å². The summed E-state index contributed by atoms with van der Waals surface area (Å²) in [5.41, 5.74) is 8.55. The summed E-state index contributed by atoms with van der Waals surface area (Å²) < 4.78 is 28.4. The van der Waals surface area contributed by atoms with Crippen LogP contribution in [-0.2, 0) is 10.0 Å². The quantitative estimate of drug-likeness (QED) is 0.582. The number of sulfonamides is 1. The van der Waals surface area contributed by atoms with Gasteiger partial charge in [-0.25, -0.2) is 13.4 Å². The SMILES string of the molecule is CN=CC(=CN)c1sc2nc(C)cc(NS(=O)(=O)c3cccc(Cl)c3)c2c1C. The number of allylic oxidation sites excluding steroid dienone is 1. The smallest absolute Gasteiger partial charge is 0.261 e. The molecule has 0 unspecified atom stereocenters. The molecule has 0 aliphatic carbocycles. The molecule has 3 rings (SSSR count).